The fourth-order valence-electron chi connectivity index (χ4n) is 3.99. The first-order valence-corrected chi connectivity index (χ1v) is 6.88. The van der Waals surface area contributed by atoms with Crippen LogP contribution in [0.15, 0.2) is 12.7 Å². The van der Waals surface area contributed by atoms with Crippen LogP contribution < -0.4 is 0 Å². The number of esters is 1. The number of fused-ring (bicyclic) bond motifs is 1. The molecule has 2 saturated heterocycles. The Kier molecular flexibility index (Phi) is 2.44. The molecule has 0 aromatic rings. The molecule has 0 aromatic carbocycles. The number of allylic oxidation sites excluding steroid dienone is 1. The highest BCUT2D eigenvalue weighted by Crippen LogP contribution is 2.57. The van der Waals surface area contributed by atoms with Crippen molar-refractivity contribution in [2.45, 2.75) is 45.3 Å². The summed E-state index contributed by atoms with van der Waals surface area (Å²) in [5.74, 6) is 0.811. The zero-order valence-corrected chi connectivity index (χ0v) is 11.4. The number of epoxide rings is 1. The monoisotopic (exact) mass is 250 g/mol. The highest BCUT2D eigenvalue weighted by Gasteiger charge is 2.60. The molecule has 1 saturated carbocycles. The lowest BCUT2D eigenvalue weighted by Crippen LogP contribution is -2.46. The van der Waals surface area contributed by atoms with Gasteiger partial charge in [0.25, 0.3) is 0 Å². The number of hydrogen-bond acceptors (Lipinski definition) is 3. The molecule has 0 unspecified atom stereocenters. The third kappa shape index (κ3) is 1.56. The van der Waals surface area contributed by atoms with E-state index in [0.717, 1.165) is 19.4 Å². The number of rotatable bonds is 2. The average molecular weight is 250 g/mol. The summed E-state index contributed by atoms with van der Waals surface area (Å²) in [7, 11) is 0. The van der Waals surface area contributed by atoms with Crippen molar-refractivity contribution in [1.29, 1.82) is 0 Å². The predicted octanol–water partition coefficient (Wildman–Crippen LogP) is 2.56. The standard InChI is InChI=1S/C15H22O3/c1-5-14(3)7-11-10(9(2)13(16)18-11)6-12(14)15(4)8-17-15/h5,9-12H,1,6-8H2,2-4H3/t9-,10+,11+,12+,14+,15+/m0/s1. The molecule has 18 heavy (non-hydrogen) atoms. The molecule has 2 heterocycles. The zero-order chi connectivity index (χ0) is 13.1. The molecule has 3 heteroatoms. The Morgan fingerprint density at radius 3 is 2.67 bits per heavy atom. The van der Waals surface area contributed by atoms with Gasteiger partial charge in [-0.25, -0.2) is 0 Å². The second-order valence-electron chi connectivity index (χ2n) is 6.73. The van der Waals surface area contributed by atoms with E-state index >= 15 is 0 Å². The molecule has 0 spiro atoms. The number of ether oxygens (including phenoxy) is 2. The maximum absolute atomic E-state index is 11.7. The van der Waals surface area contributed by atoms with Crippen molar-refractivity contribution in [3.63, 3.8) is 0 Å². The first kappa shape index (κ1) is 12.2. The summed E-state index contributed by atoms with van der Waals surface area (Å²) in [6, 6.07) is 0. The molecule has 3 fully saturated rings. The van der Waals surface area contributed by atoms with Gasteiger partial charge >= 0.3 is 5.97 Å². The van der Waals surface area contributed by atoms with Gasteiger partial charge in [0.2, 0.25) is 0 Å². The number of hydrogen-bond donors (Lipinski definition) is 0. The molecular formula is C15H22O3. The Balaban J connectivity index is 1.90. The van der Waals surface area contributed by atoms with Gasteiger partial charge in [-0.2, -0.15) is 0 Å². The first-order valence-electron chi connectivity index (χ1n) is 6.88. The van der Waals surface area contributed by atoms with Crippen LogP contribution in [0.1, 0.15) is 33.6 Å². The van der Waals surface area contributed by atoms with Gasteiger partial charge < -0.3 is 9.47 Å². The Morgan fingerprint density at radius 1 is 1.44 bits per heavy atom. The lowest BCUT2D eigenvalue weighted by Gasteiger charge is -2.46. The van der Waals surface area contributed by atoms with Crippen LogP contribution in [0.2, 0.25) is 0 Å². The van der Waals surface area contributed by atoms with Crippen molar-refractivity contribution in [2.24, 2.45) is 23.2 Å². The highest BCUT2D eigenvalue weighted by atomic mass is 16.6. The summed E-state index contributed by atoms with van der Waals surface area (Å²) in [5.41, 5.74) is -0.00394. The van der Waals surface area contributed by atoms with Crippen LogP contribution >= 0.6 is 0 Å². The van der Waals surface area contributed by atoms with Crippen molar-refractivity contribution in [3.05, 3.63) is 12.7 Å². The van der Waals surface area contributed by atoms with Crippen LogP contribution in [0.25, 0.3) is 0 Å². The van der Waals surface area contributed by atoms with E-state index in [1.807, 2.05) is 13.0 Å². The maximum Gasteiger partial charge on any atom is 0.309 e. The van der Waals surface area contributed by atoms with E-state index < -0.39 is 0 Å². The van der Waals surface area contributed by atoms with Crippen LogP contribution in [-0.4, -0.2) is 24.3 Å². The van der Waals surface area contributed by atoms with E-state index in [2.05, 4.69) is 20.4 Å². The Bertz CT molecular complexity index is 399. The van der Waals surface area contributed by atoms with Crippen molar-refractivity contribution < 1.29 is 14.3 Å². The summed E-state index contributed by atoms with van der Waals surface area (Å²) < 4.78 is 11.2. The second kappa shape index (κ2) is 3.60. The SMILES string of the molecule is C=C[C@]1(C)C[C@H]2OC(=O)[C@@H](C)[C@H]2C[C@H]1[C@@]1(C)CO1. The van der Waals surface area contributed by atoms with Gasteiger partial charge in [-0.1, -0.05) is 19.9 Å². The molecule has 2 aliphatic heterocycles. The molecule has 0 amide bonds. The summed E-state index contributed by atoms with van der Waals surface area (Å²) in [4.78, 5) is 11.7. The quantitative estimate of drug-likeness (QED) is 0.429. The van der Waals surface area contributed by atoms with Crippen molar-refractivity contribution in [3.8, 4) is 0 Å². The molecule has 0 bridgehead atoms. The average Bonchev–Trinajstić information content (AvgIpc) is 3.01. The molecular weight excluding hydrogens is 228 g/mol. The van der Waals surface area contributed by atoms with E-state index in [1.54, 1.807) is 0 Å². The highest BCUT2D eigenvalue weighted by molar-refractivity contribution is 5.75. The topological polar surface area (TPSA) is 38.8 Å². The summed E-state index contributed by atoms with van der Waals surface area (Å²) in [6.07, 6.45) is 4.02. The van der Waals surface area contributed by atoms with Gasteiger partial charge in [0, 0.05) is 5.92 Å². The number of carbonyl (C=O) groups excluding carboxylic acids is 1. The summed E-state index contributed by atoms with van der Waals surface area (Å²) in [6.45, 7) is 11.2. The third-order valence-electron chi connectivity index (χ3n) is 5.51. The van der Waals surface area contributed by atoms with Crippen molar-refractivity contribution >= 4 is 5.97 Å². The van der Waals surface area contributed by atoms with Crippen molar-refractivity contribution in [2.75, 3.05) is 6.61 Å². The van der Waals surface area contributed by atoms with Gasteiger partial charge in [-0.15, -0.1) is 6.58 Å². The van der Waals surface area contributed by atoms with Gasteiger partial charge in [0.1, 0.15) is 6.10 Å². The molecule has 3 aliphatic rings. The van der Waals surface area contributed by atoms with E-state index in [1.165, 1.54) is 0 Å². The fourth-order valence-corrected chi connectivity index (χ4v) is 3.99. The Labute approximate surface area is 109 Å². The first-order chi connectivity index (χ1) is 8.39. The van der Waals surface area contributed by atoms with Gasteiger partial charge in [-0.05, 0) is 31.1 Å². The predicted molar refractivity (Wildman–Crippen MR) is 67.9 cm³/mol. The van der Waals surface area contributed by atoms with Gasteiger partial charge in [-0.3, -0.25) is 4.79 Å². The summed E-state index contributed by atoms with van der Waals surface area (Å²) >= 11 is 0. The molecule has 3 rings (SSSR count). The smallest absolute Gasteiger partial charge is 0.309 e. The van der Waals surface area contributed by atoms with Crippen LogP contribution in [-0.2, 0) is 14.3 Å². The number of carbonyl (C=O) groups is 1. The normalized spacial score (nSPS) is 54.7. The van der Waals surface area contributed by atoms with E-state index in [0.29, 0.717) is 11.8 Å². The van der Waals surface area contributed by atoms with E-state index in [4.69, 9.17) is 9.47 Å². The van der Waals surface area contributed by atoms with Crippen LogP contribution in [0.4, 0.5) is 0 Å². The van der Waals surface area contributed by atoms with Crippen molar-refractivity contribution in [1.82, 2.24) is 0 Å². The maximum atomic E-state index is 11.7. The molecule has 0 radical (unpaired) electrons. The molecule has 1 aliphatic carbocycles. The molecule has 3 nitrogen and oxygen atoms in total. The van der Waals surface area contributed by atoms with Crippen LogP contribution in [0, 0.1) is 23.2 Å². The Morgan fingerprint density at radius 2 is 2.11 bits per heavy atom. The molecule has 0 N–H and O–H groups in total. The van der Waals surface area contributed by atoms with E-state index in [9.17, 15) is 4.79 Å². The minimum Gasteiger partial charge on any atom is -0.462 e. The lowest BCUT2D eigenvalue weighted by molar-refractivity contribution is -0.145. The van der Waals surface area contributed by atoms with Crippen LogP contribution in [0.5, 0.6) is 0 Å². The largest absolute Gasteiger partial charge is 0.462 e. The van der Waals surface area contributed by atoms with Gasteiger partial charge in [0.05, 0.1) is 18.1 Å². The van der Waals surface area contributed by atoms with E-state index in [-0.39, 0.29) is 29.0 Å². The zero-order valence-electron chi connectivity index (χ0n) is 11.4. The minimum atomic E-state index is -0.0288. The fraction of sp³-hybridized carbons (Fsp3) is 0.800. The second-order valence-corrected chi connectivity index (χ2v) is 6.73. The lowest BCUT2D eigenvalue weighted by atomic mass is 9.58. The van der Waals surface area contributed by atoms with Gasteiger partial charge in [0.15, 0.2) is 0 Å². The molecule has 0 aromatic heterocycles. The molecule has 6 atom stereocenters. The molecule has 100 valence electrons. The third-order valence-corrected chi connectivity index (χ3v) is 5.51. The van der Waals surface area contributed by atoms with Crippen LogP contribution in [0.3, 0.4) is 0 Å². The Hall–Kier alpha value is -0.830. The minimum absolute atomic E-state index is 0.0107. The summed E-state index contributed by atoms with van der Waals surface area (Å²) in [5, 5.41) is 0.